The topological polar surface area (TPSA) is 95.4 Å². The van der Waals surface area contributed by atoms with Crippen molar-refractivity contribution in [1.29, 1.82) is 0 Å². The first-order chi connectivity index (χ1) is 14.7. The second kappa shape index (κ2) is 10.3. The molecule has 8 nitrogen and oxygen atoms in total. The molecule has 0 spiro atoms. The van der Waals surface area contributed by atoms with E-state index >= 15 is 0 Å². The van der Waals surface area contributed by atoms with E-state index in [1.165, 1.54) is 24.8 Å². The Hall–Kier alpha value is -2.34. The van der Waals surface area contributed by atoms with Gasteiger partial charge in [-0.3, -0.25) is 4.90 Å². The summed E-state index contributed by atoms with van der Waals surface area (Å²) in [4.78, 5) is 2.43. The number of nitrogens with one attached hydrogen (secondary N) is 2. The number of benzene rings is 1. The van der Waals surface area contributed by atoms with Gasteiger partial charge in [0.05, 0.1) is 6.61 Å². The smallest absolute Gasteiger partial charge is 0.405 e. The molecule has 3 rings (SSSR count). The van der Waals surface area contributed by atoms with Crippen LogP contribution in [0, 0.1) is 0 Å². The molecule has 2 aliphatic heterocycles. The zero-order valence-corrected chi connectivity index (χ0v) is 17.8. The van der Waals surface area contributed by atoms with Crippen LogP contribution in [0.15, 0.2) is 33.1 Å². The van der Waals surface area contributed by atoms with E-state index in [0.717, 1.165) is 25.4 Å². The molecule has 172 valence electrons. The Morgan fingerprint density at radius 2 is 1.77 bits per heavy atom. The maximum absolute atomic E-state index is 12.4. The van der Waals surface area contributed by atoms with Crippen LogP contribution in [0.25, 0.3) is 0 Å². The summed E-state index contributed by atoms with van der Waals surface area (Å²) in [6.45, 7) is 2.31. The lowest BCUT2D eigenvalue weighted by Crippen LogP contribution is -2.42. The molecule has 0 bridgehead atoms. The highest BCUT2D eigenvalue weighted by molar-refractivity contribution is 7.89. The zero-order valence-electron chi connectivity index (χ0n) is 17.0. The number of piperidine rings is 1. The fourth-order valence-corrected chi connectivity index (χ4v) is 4.14. The first-order valence-electron chi connectivity index (χ1n) is 10.1. The van der Waals surface area contributed by atoms with Crippen LogP contribution in [-0.4, -0.2) is 64.0 Å². The number of rotatable bonds is 8. The Labute approximate surface area is 179 Å². The summed E-state index contributed by atoms with van der Waals surface area (Å²) >= 11 is 0. The average molecular weight is 462 g/mol. The average Bonchev–Trinajstić information content (AvgIpc) is 3.00. The van der Waals surface area contributed by atoms with Gasteiger partial charge in [-0.25, -0.2) is 0 Å². The monoisotopic (exact) mass is 461 g/mol. The van der Waals surface area contributed by atoms with E-state index in [0.29, 0.717) is 13.0 Å². The SMILES string of the molecule is O=S1(=O)N=C(NCCCOc2cccc(CN3CCCCC3)c2)C(NCC(F)(F)F)=N1. The largest absolute Gasteiger partial charge is 0.494 e. The lowest BCUT2D eigenvalue weighted by molar-refractivity contribution is -0.121. The van der Waals surface area contributed by atoms with Gasteiger partial charge in [-0.05, 0) is 50.0 Å². The summed E-state index contributed by atoms with van der Waals surface area (Å²) in [5, 5.41) is 4.65. The van der Waals surface area contributed by atoms with Gasteiger partial charge in [-0.2, -0.15) is 21.6 Å². The second-order valence-corrected chi connectivity index (χ2v) is 8.67. The molecule has 0 amide bonds. The molecular weight excluding hydrogens is 435 g/mol. The molecule has 0 radical (unpaired) electrons. The summed E-state index contributed by atoms with van der Waals surface area (Å²) in [6.07, 6.45) is -0.266. The first kappa shape index (κ1) is 23.3. The van der Waals surface area contributed by atoms with Crippen LogP contribution in [0.4, 0.5) is 13.2 Å². The summed E-state index contributed by atoms with van der Waals surface area (Å²) in [6, 6.07) is 7.88. The van der Waals surface area contributed by atoms with E-state index in [4.69, 9.17) is 4.74 Å². The molecule has 31 heavy (non-hydrogen) atoms. The van der Waals surface area contributed by atoms with Crippen molar-refractivity contribution in [2.45, 2.75) is 38.4 Å². The Kier molecular flexibility index (Phi) is 7.76. The van der Waals surface area contributed by atoms with Crippen LogP contribution in [0.3, 0.4) is 0 Å². The molecule has 1 aromatic rings. The highest BCUT2D eigenvalue weighted by Crippen LogP contribution is 2.18. The van der Waals surface area contributed by atoms with Crippen molar-refractivity contribution in [2.24, 2.45) is 8.80 Å². The molecule has 12 heteroatoms. The molecular formula is C19H26F3N5O3S. The Balaban J connectivity index is 1.41. The lowest BCUT2D eigenvalue weighted by atomic mass is 10.1. The molecule has 0 saturated carbocycles. The molecule has 0 aromatic heterocycles. The fraction of sp³-hybridized carbons (Fsp3) is 0.579. The Bertz CT molecular complexity index is 913. The number of hydrogen-bond acceptors (Lipinski definition) is 6. The van der Waals surface area contributed by atoms with Crippen molar-refractivity contribution in [3.63, 3.8) is 0 Å². The van der Waals surface area contributed by atoms with Gasteiger partial charge in [-0.15, -0.1) is 8.80 Å². The van der Waals surface area contributed by atoms with Crippen LogP contribution in [0.5, 0.6) is 5.75 Å². The van der Waals surface area contributed by atoms with E-state index in [-0.39, 0.29) is 12.4 Å². The highest BCUT2D eigenvalue weighted by Gasteiger charge is 2.31. The second-order valence-electron chi connectivity index (χ2n) is 7.41. The van der Waals surface area contributed by atoms with E-state index in [1.54, 1.807) is 0 Å². The van der Waals surface area contributed by atoms with Crippen LogP contribution in [0.2, 0.25) is 0 Å². The fourth-order valence-electron chi connectivity index (χ4n) is 3.33. The molecule has 0 unspecified atom stereocenters. The minimum Gasteiger partial charge on any atom is -0.494 e. The van der Waals surface area contributed by atoms with E-state index < -0.39 is 28.8 Å². The molecule has 2 aliphatic rings. The van der Waals surface area contributed by atoms with Crippen LogP contribution in [0.1, 0.15) is 31.2 Å². The molecule has 0 aliphatic carbocycles. The van der Waals surface area contributed by atoms with Crippen molar-refractivity contribution in [2.75, 3.05) is 32.8 Å². The van der Waals surface area contributed by atoms with Gasteiger partial charge < -0.3 is 15.4 Å². The van der Waals surface area contributed by atoms with Gasteiger partial charge in [0, 0.05) is 13.1 Å². The van der Waals surface area contributed by atoms with Gasteiger partial charge in [0.25, 0.3) is 0 Å². The van der Waals surface area contributed by atoms with E-state index in [9.17, 15) is 21.6 Å². The molecule has 2 heterocycles. The molecule has 1 saturated heterocycles. The third-order valence-electron chi connectivity index (χ3n) is 4.73. The van der Waals surface area contributed by atoms with E-state index in [1.807, 2.05) is 23.5 Å². The lowest BCUT2D eigenvalue weighted by Gasteiger charge is -2.26. The predicted octanol–water partition coefficient (Wildman–Crippen LogP) is 2.24. The third kappa shape index (κ3) is 8.02. The zero-order chi connectivity index (χ0) is 22.3. The highest BCUT2D eigenvalue weighted by atomic mass is 32.2. The predicted molar refractivity (Wildman–Crippen MR) is 112 cm³/mol. The van der Waals surface area contributed by atoms with Crippen LogP contribution < -0.4 is 15.4 Å². The normalized spacial score (nSPS) is 18.9. The van der Waals surface area contributed by atoms with Gasteiger partial charge in [0.1, 0.15) is 12.3 Å². The number of hydrogen-bond donors (Lipinski definition) is 2. The van der Waals surface area contributed by atoms with Crippen LogP contribution >= 0.6 is 0 Å². The quantitative estimate of drug-likeness (QED) is 0.577. The number of ether oxygens (including phenoxy) is 1. The van der Waals surface area contributed by atoms with Gasteiger partial charge in [-0.1, -0.05) is 18.6 Å². The number of likely N-dealkylation sites (tertiary alicyclic amines) is 1. The Morgan fingerprint density at radius 3 is 2.48 bits per heavy atom. The van der Waals surface area contributed by atoms with E-state index in [2.05, 4.69) is 25.1 Å². The van der Waals surface area contributed by atoms with Crippen LogP contribution in [-0.2, 0) is 16.8 Å². The molecule has 2 N–H and O–H groups in total. The Morgan fingerprint density at radius 1 is 1.06 bits per heavy atom. The summed E-state index contributed by atoms with van der Waals surface area (Å²) in [5.41, 5.74) is 1.18. The molecule has 0 atom stereocenters. The van der Waals surface area contributed by atoms with Crippen molar-refractivity contribution in [3.05, 3.63) is 29.8 Å². The maximum Gasteiger partial charge on any atom is 0.405 e. The number of alkyl halides is 3. The minimum atomic E-state index is -4.50. The third-order valence-corrected chi connectivity index (χ3v) is 5.56. The number of nitrogens with zero attached hydrogens (tertiary/aromatic N) is 3. The first-order valence-corrected chi connectivity index (χ1v) is 11.5. The van der Waals surface area contributed by atoms with Gasteiger partial charge in [0.2, 0.25) is 0 Å². The molecule has 1 fully saturated rings. The van der Waals surface area contributed by atoms with Crippen molar-refractivity contribution in [1.82, 2.24) is 15.5 Å². The summed E-state index contributed by atoms with van der Waals surface area (Å²) in [7, 11) is -4.17. The summed E-state index contributed by atoms with van der Waals surface area (Å²) < 4.78 is 72.2. The number of amidine groups is 2. The van der Waals surface area contributed by atoms with Gasteiger partial charge >= 0.3 is 16.4 Å². The van der Waals surface area contributed by atoms with Crippen molar-refractivity contribution < 1.29 is 26.3 Å². The maximum atomic E-state index is 12.4. The van der Waals surface area contributed by atoms with Crippen molar-refractivity contribution >= 4 is 21.9 Å². The standard InChI is InChI=1S/C19H26F3N5O3S/c20-19(21,22)14-24-18-17(25-31(28,29)26-18)23-8-5-11-30-16-7-4-6-15(12-16)13-27-9-2-1-3-10-27/h4,6-7,12H,1-3,5,8-11,13-14H2,(H,23,25)(H,24,26). The van der Waals surface area contributed by atoms with Crippen molar-refractivity contribution in [3.8, 4) is 5.75 Å². The molecule has 1 aromatic carbocycles. The summed E-state index contributed by atoms with van der Waals surface area (Å²) in [5.74, 6) is 0.0702. The number of halogens is 3. The van der Waals surface area contributed by atoms with Gasteiger partial charge in [0.15, 0.2) is 11.7 Å². The minimum absolute atomic E-state index is 0.229.